The van der Waals surface area contributed by atoms with E-state index in [0.717, 1.165) is 22.2 Å². The van der Waals surface area contributed by atoms with Crippen LogP contribution in [-0.4, -0.2) is 19.9 Å². The predicted molar refractivity (Wildman–Crippen MR) is 99.4 cm³/mol. The highest BCUT2D eigenvalue weighted by molar-refractivity contribution is 5.80. The van der Waals surface area contributed by atoms with Crippen LogP contribution in [0.3, 0.4) is 0 Å². The second-order valence-electron chi connectivity index (χ2n) is 6.35. The summed E-state index contributed by atoms with van der Waals surface area (Å²) in [5, 5.41) is 3.89. The van der Waals surface area contributed by atoms with Gasteiger partial charge in [-0.3, -0.25) is 0 Å². The van der Waals surface area contributed by atoms with Crippen LogP contribution in [-0.2, 0) is 13.0 Å². The van der Waals surface area contributed by atoms with E-state index < -0.39 is 11.9 Å². The number of fused-ring (bicyclic) bond motifs is 1. The normalized spacial score (nSPS) is 11.1. The largest absolute Gasteiger partial charge is 0.366 e. The molecule has 5 nitrogen and oxygen atoms in total. The molecule has 0 aliphatic carbocycles. The van der Waals surface area contributed by atoms with Crippen molar-refractivity contribution < 1.29 is 8.78 Å². The molecule has 136 valence electrons. The van der Waals surface area contributed by atoms with E-state index in [-0.39, 0.29) is 6.54 Å². The van der Waals surface area contributed by atoms with E-state index >= 15 is 0 Å². The number of H-pyrrole nitrogens is 1. The summed E-state index contributed by atoms with van der Waals surface area (Å²) >= 11 is 0. The van der Waals surface area contributed by atoms with Gasteiger partial charge in [0.05, 0.1) is 0 Å². The lowest BCUT2D eigenvalue weighted by atomic mass is 10.1. The lowest BCUT2D eigenvalue weighted by molar-refractivity contribution is 0.566. The van der Waals surface area contributed by atoms with E-state index in [1.165, 1.54) is 6.20 Å². The van der Waals surface area contributed by atoms with Crippen LogP contribution in [0.5, 0.6) is 0 Å². The van der Waals surface area contributed by atoms with Gasteiger partial charge in [-0.05, 0) is 36.2 Å². The minimum atomic E-state index is -0.554. The zero-order valence-corrected chi connectivity index (χ0v) is 14.6. The molecule has 0 amide bonds. The van der Waals surface area contributed by atoms with Gasteiger partial charge in [-0.25, -0.2) is 15.0 Å². The average Bonchev–Trinajstić information content (AvgIpc) is 3.05. The summed E-state index contributed by atoms with van der Waals surface area (Å²) in [6.07, 6.45) is 5.42. The van der Waals surface area contributed by atoms with Crippen molar-refractivity contribution in [2.75, 3.05) is 5.32 Å². The van der Waals surface area contributed by atoms with Crippen LogP contribution in [0.4, 0.5) is 14.6 Å². The highest BCUT2D eigenvalue weighted by atomic mass is 19.1. The maximum absolute atomic E-state index is 14.5. The smallest absolute Gasteiger partial charge is 0.218 e. The molecule has 0 bridgehead atoms. The minimum absolute atomic E-state index is 0.179. The Morgan fingerprint density at radius 1 is 1.04 bits per heavy atom. The summed E-state index contributed by atoms with van der Waals surface area (Å²) in [7, 11) is 0. The maximum atomic E-state index is 14.5. The van der Waals surface area contributed by atoms with Crippen LogP contribution in [0.2, 0.25) is 0 Å². The van der Waals surface area contributed by atoms with Gasteiger partial charge in [0.1, 0.15) is 11.5 Å². The number of pyridine rings is 3. The topological polar surface area (TPSA) is 66.5 Å². The molecule has 27 heavy (non-hydrogen) atoms. The third kappa shape index (κ3) is 3.62. The molecule has 0 saturated heterocycles. The Balaban J connectivity index is 1.51. The van der Waals surface area contributed by atoms with Crippen molar-refractivity contribution >= 4 is 16.9 Å². The van der Waals surface area contributed by atoms with Crippen molar-refractivity contribution in [1.29, 1.82) is 0 Å². The number of hydrogen-bond donors (Lipinski definition) is 2. The maximum Gasteiger partial charge on any atom is 0.218 e. The van der Waals surface area contributed by atoms with Crippen LogP contribution < -0.4 is 5.32 Å². The highest BCUT2D eigenvalue weighted by Crippen LogP contribution is 2.22. The summed E-state index contributed by atoms with van der Waals surface area (Å²) < 4.78 is 28.0. The third-order valence-electron chi connectivity index (χ3n) is 4.36. The Bertz CT molecular complexity index is 1110. The molecule has 7 heteroatoms. The second kappa shape index (κ2) is 7.11. The Hall–Kier alpha value is -3.35. The fourth-order valence-electron chi connectivity index (χ4n) is 2.94. The van der Waals surface area contributed by atoms with Gasteiger partial charge in [-0.1, -0.05) is 12.1 Å². The van der Waals surface area contributed by atoms with E-state index in [1.807, 2.05) is 19.2 Å². The fraction of sp³-hybridized carbons (Fsp3) is 0.150. The average molecular weight is 365 g/mol. The van der Waals surface area contributed by atoms with Gasteiger partial charge in [0.25, 0.3) is 0 Å². The van der Waals surface area contributed by atoms with Crippen molar-refractivity contribution in [2.24, 2.45) is 0 Å². The molecule has 0 aliphatic heterocycles. The van der Waals surface area contributed by atoms with Crippen molar-refractivity contribution in [3.05, 3.63) is 83.1 Å². The molecule has 4 rings (SSSR count). The van der Waals surface area contributed by atoms with Gasteiger partial charge in [0, 0.05) is 48.1 Å². The summed E-state index contributed by atoms with van der Waals surface area (Å²) in [5.41, 5.74) is 3.66. The van der Waals surface area contributed by atoms with Crippen molar-refractivity contribution in [3.63, 3.8) is 0 Å². The van der Waals surface area contributed by atoms with E-state index in [1.54, 1.807) is 30.5 Å². The molecule has 0 unspecified atom stereocenters. The summed E-state index contributed by atoms with van der Waals surface area (Å²) in [4.78, 5) is 15.0. The molecule has 0 radical (unpaired) electrons. The first-order valence-corrected chi connectivity index (χ1v) is 8.51. The van der Waals surface area contributed by atoms with Gasteiger partial charge < -0.3 is 10.3 Å². The monoisotopic (exact) mass is 365 g/mol. The van der Waals surface area contributed by atoms with Crippen LogP contribution in [0.1, 0.15) is 22.3 Å². The number of aromatic nitrogens is 4. The molecule has 0 aromatic carbocycles. The molecule has 0 atom stereocenters. The van der Waals surface area contributed by atoms with Crippen molar-refractivity contribution in [1.82, 2.24) is 19.9 Å². The lowest BCUT2D eigenvalue weighted by Crippen LogP contribution is -2.06. The number of aromatic amines is 1. The summed E-state index contributed by atoms with van der Waals surface area (Å²) in [6.45, 7) is 2.15. The Labute approximate surface area is 154 Å². The third-order valence-corrected chi connectivity index (χ3v) is 4.36. The molecule has 4 aromatic rings. The molecule has 4 aromatic heterocycles. The number of nitrogens with zero attached hydrogens (tertiary/aromatic N) is 3. The molecular weight excluding hydrogens is 348 g/mol. The Morgan fingerprint density at radius 2 is 1.93 bits per heavy atom. The number of aryl methyl sites for hydroxylation is 1. The Kier molecular flexibility index (Phi) is 4.50. The number of hydrogen-bond acceptors (Lipinski definition) is 4. The molecule has 0 spiro atoms. The van der Waals surface area contributed by atoms with Crippen molar-refractivity contribution in [2.45, 2.75) is 19.9 Å². The number of halogens is 2. The first-order valence-electron chi connectivity index (χ1n) is 8.51. The fourth-order valence-corrected chi connectivity index (χ4v) is 2.94. The van der Waals surface area contributed by atoms with Crippen LogP contribution in [0.15, 0.2) is 48.9 Å². The van der Waals surface area contributed by atoms with E-state index in [4.69, 9.17) is 0 Å². The van der Waals surface area contributed by atoms with E-state index in [2.05, 4.69) is 25.3 Å². The van der Waals surface area contributed by atoms with Crippen LogP contribution in [0.25, 0.3) is 11.0 Å². The number of anilines is 1. The molecule has 4 heterocycles. The van der Waals surface area contributed by atoms with Crippen LogP contribution in [0, 0.1) is 18.8 Å². The number of rotatable bonds is 5. The van der Waals surface area contributed by atoms with Crippen LogP contribution >= 0.6 is 0 Å². The molecule has 2 N–H and O–H groups in total. The van der Waals surface area contributed by atoms with Crippen molar-refractivity contribution in [3.8, 4) is 0 Å². The highest BCUT2D eigenvalue weighted by Gasteiger charge is 2.11. The quantitative estimate of drug-likeness (QED) is 0.522. The number of nitrogens with one attached hydrogen (secondary N) is 2. The van der Waals surface area contributed by atoms with Gasteiger partial charge in [-0.2, -0.15) is 8.78 Å². The predicted octanol–water partition coefficient (Wildman–Crippen LogP) is 4.14. The summed E-state index contributed by atoms with van der Waals surface area (Å²) in [5.74, 6) is -0.761. The van der Waals surface area contributed by atoms with E-state index in [9.17, 15) is 8.78 Å². The molecular formula is C20H17F2N5. The standard InChI is InChI=1S/C20H17F2N5/c1-12-7-16-15(11-26-20(16)25-9-12)8-13-4-5-17(27-19(13)22)24-10-14-3-2-6-23-18(14)21/h2-7,9,11H,8,10H2,1H3,(H,24,27)(H,25,26). The first-order chi connectivity index (χ1) is 13.1. The van der Waals surface area contributed by atoms with Gasteiger partial charge in [-0.15, -0.1) is 0 Å². The minimum Gasteiger partial charge on any atom is -0.366 e. The molecule has 0 saturated carbocycles. The van der Waals surface area contributed by atoms with Gasteiger partial charge >= 0.3 is 0 Å². The lowest BCUT2D eigenvalue weighted by Gasteiger charge is -2.08. The second-order valence-corrected chi connectivity index (χ2v) is 6.35. The molecule has 0 aliphatic rings. The molecule has 0 fully saturated rings. The summed E-state index contributed by atoms with van der Waals surface area (Å²) in [6, 6.07) is 8.66. The zero-order chi connectivity index (χ0) is 18.8. The first kappa shape index (κ1) is 17.1. The van der Waals surface area contributed by atoms with Gasteiger partial charge in [0.15, 0.2) is 0 Å². The SMILES string of the molecule is Cc1cnc2[nH]cc(Cc3ccc(NCc4cccnc4F)nc3F)c2c1. The van der Waals surface area contributed by atoms with E-state index in [0.29, 0.717) is 23.4 Å². The van der Waals surface area contributed by atoms with Gasteiger partial charge in [0.2, 0.25) is 11.9 Å². The zero-order valence-electron chi connectivity index (χ0n) is 14.6. The Morgan fingerprint density at radius 3 is 2.74 bits per heavy atom.